The molecule has 110 valence electrons. The predicted molar refractivity (Wildman–Crippen MR) is 82.9 cm³/mol. The number of carbonyl (C=O) groups excluding carboxylic acids is 1. The molecule has 0 saturated heterocycles. The molecule has 1 amide bonds. The molecule has 0 spiro atoms. The summed E-state index contributed by atoms with van der Waals surface area (Å²) in [5.74, 6) is 0.193. The van der Waals surface area contributed by atoms with Crippen molar-refractivity contribution in [2.45, 2.75) is 38.3 Å². The zero-order chi connectivity index (χ0) is 14.7. The highest BCUT2D eigenvalue weighted by molar-refractivity contribution is 6.42. The molecule has 0 aromatic heterocycles. The molecular weight excluding hydrogens is 295 g/mol. The summed E-state index contributed by atoms with van der Waals surface area (Å²) in [5.41, 5.74) is 6.82. The van der Waals surface area contributed by atoms with E-state index < -0.39 is 0 Å². The molecule has 1 aliphatic carbocycles. The molecule has 0 bridgehead atoms. The van der Waals surface area contributed by atoms with E-state index in [1.807, 2.05) is 12.1 Å². The second-order valence-corrected chi connectivity index (χ2v) is 6.32. The Kier molecular flexibility index (Phi) is 5.30. The van der Waals surface area contributed by atoms with Gasteiger partial charge in [-0.3, -0.25) is 4.79 Å². The molecule has 2 atom stereocenters. The van der Waals surface area contributed by atoms with Crippen molar-refractivity contribution in [2.75, 3.05) is 7.05 Å². The van der Waals surface area contributed by atoms with Crippen LogP contribution >= 0.6 is 23.2 Å². The third kappa shape index (κ3) is 3.66. The summed E-state index contributed by atoms with van der Waals surface area (Å²) in [4.78, 5) is 14.2. The Labute approximate surface area is 130 Å². The van der Waals surface area contributed by atoms with Crippen molar-refractivity contribution in [2.24, 2.45) is 11.7 Å². The van der Waals surface area contributed by atoms with Crippen LogP contribution in [0.1, 0.15) is 31.2 Å². The predicted octanol–water partition coefficient (Wildman–Crippen LogP) is 3.47. The third-order valence-corrected chi connectivity index (χ3v) is 4.74. The smallest absolute Gasteiger partial charge is 0.225 e. The van der Waals surface area contributed by atoms with E-state index in [4.69, 9.17) is 28.9 Å². The highest BCUT2D eigenvalue weighted by atomic mass is 35.5. The number of rotatable bonds is 3. The molecule has 0 aliphatic heterocycles. The fraction of sp³-hybridized carbons (Fsp3) is 0.533. The Balaban J connectivity index is 2.02. The SMILES string of the molecule is CN(Cc1cccc(Cl)c1Cl)C(=O)C1CCCC(N)C1. The number of hydrogen-bond donors (Lipinski definition) is 1. The zero-order valence-electron chi connectivity index (χ0n) is 11.6. The lowest BCUT2D eigenvalue weighted by molar-refractivity contribution is -0.135. The minimum Gasteiger partial charge on any atom is -0.341 e. The molecule has 1 fully saturated rings. The third-order valence-electron chi connectivity index (χ3n) is 3.88. The Bertz CT molecular complexity index is 493. The molecule has 5 heteroatoms. The van der Waals surface area contributed by atoms with E-state index in [0.717, 1.165) is 31.2 Å². The van der Waals surface area contributed by atoms with Crippen molar-refractivity contribution in [1.82, 2.24) is 4.90 Å². The van der Waals surface area contributed by atoms with Crippen LogP contribution in [0.25, 0.3) is 0 Å². The molecule has 20 heavy (non-hydrogen) atoms. The van der Waals surface area contributed by atoms with Crippen molar-refractivity contribution >= 4 is 29.1 Å². The highest BCUT2D eigenvalue weighted by Crippen LogP contribution is 2.28. The molecule has 1 aromatic rings. The minimum atomic E-state index is 0.0432. The minimum absolute atomic E-state index is 0.0432. The molecule has 2 unspecified atom stereocenters. The summed E-state index contributed by atoms with van der Waals surface area (Å²) in [7, 11) is 1.81. The average Bonchev–Trinajstić information content (AvgIpc) is 2.43. The maximum Gasteiger partial charge on any atom is 0.225 e. The monoisotopic (exact) mass is 314 g/mol. The Hall–Kier alpha value is -0.770. The number of nitrogens with zero attached hydrogens (tertiary/aromatic N) is 1. The summed E-state index contributed by atoms with van der Waals surface area (Å²) >= 11 is 12.2. The van der Waals surface area contributed by atoms with Crippen molar-refractivity contribution in [3.05, 3.63) is 33.8 Å². The van der Waals surface area contributed by atoms with E-state index in [2.05, 4.69) is 0 Å². The highest BCUT2D eigenvalue weighted by Gasteiger charge is 2.27. The number of halogens is 2. The number of carbonyl (C=O) groups is 1. The van der Waals surface area contributed by atoms with Gasteiger partial charge in [-0.25, -0.2) is 0 Å². The summed E-state index contributed by atoms with van der Waals surface area (Å²) in [6.45, 7) is 0.476. The molecule has 3 nitrogen and oxygen atoms in total. The fourth-order valence-corrected chi connectivity index (χ4v) is 3.15. The summed E-state index contributed by atoms with van der Waals surface area (Å²) in [6.07, 6.45) is 3.77. The van der Waals surface area contributed by atoms with E-state index >= 15 is 0 Å². The quantitative estimate of drug-likeness (QED) is 0.928. The molecule has 0 radical (unpaired) electrons. The summed E-state index contributed by atoms with van der Waals surface area (Å²) in [6, 6.07) is 5.64. The Morgan fingerprint density at radius 1 is 1.40 bits per heavy atom. The van der Waals surface area contributed by atoms with Crippen LogP contribution in [0, 0.1) is 5.92 Å². The lowest BCUT2D eigenvalue weighted by Crippen LogP contribution is -2.38. The van der Waals surface area contributed by atoms with Crippen LogP contribution < -0.4 is 5.73 Å². The van der Waals surface area contributed by atoms with E-state index in [1.165, 1.54) is 0 Å². The van der Waals surface area contributed by atoms with Gasteiger partial charge >= 0.3 is 0 Å². The molecule has 0 heterocycles. The van der Waals surface area contributed by atoms with E-state index in [1.54, 1.807) is 18.0 Å². The van der Waals surface area contributed by atoms with E-state index in [0.29, 0.717) is 16.6 Å². The van der Waals surface area contributed by atoms with Gasteiger partial charge in [0.25, 0.3) is 0 Å². The Morgan fingerprint density at radius 2 is 2.15 bits per heavy atom. The fourth-order valence-electron chi connectivity index (χ4n) is 2.77. The first kappa shape index (κ1) is 15.6. The largest absolute Gasteiger partial charge is 0.341 e. The molecule has 1 aliphatic rings. The number of hydrogen-bond acceptors (Lipinski definition) is 2. The van der Waals surface area contributed by atoms with Gasteiger partial charge in [-0.05, 0) is 30.9 Å². The standard InChI is InChI=1S/C15H20Cl2N2O/c1-19(9-11-5-3-7-13(16)14(11)17)15(20)10-4-2-6-12(18)8-10/h3,5,7,10,12H,2,4,6,8-9,18H2,1H3. The van der Waals surface area contributed by atoms with Gasteiger partial charge in [0, 0.05) is 25.6 Å². The van der Waals surface area contributed by atoms with E-state index in [9.17, 15) is 4.79 Å². The second kappa shape index (κ2) is 6.79. The normalized spacial score (nSPS) is 22.6. The lowest BCUT2D eigenvalue weighted by atomic mass is 9.85. The van der Waals surface area contributed by atoms with Crippen LogP contribution in [-0.4, -0.2) is 23.9 Å². The average molecular weight is 315 g/mol. The first-order valence-corrected chi connectivity index (χ1v) is 7.68. The van der Waals surface area contributed by atoms with Gasteiger partial charge in [0.15, 0.2) is 0 Å². The van der Waals surface area contributed by atoms with Crippen LogP contribution in [-0.2, 0) is 11.3 Å². The van der Waals surface area contributed by atoms with Gasteiger partial charge in [0.05, 0.1) is 10.0 Å². The number of amides is 1. The molecule has 2 rings (SSSR count). The van der Waals surface area contributed by atoms with E-state index in [-0.39, 0.29) is 17.9 Å². The lowest BCUT2D eigenvalue weighted by Gasteiger charge is -2.29. The molecule has 1 aromatic carbocycles. The van der Waals surface area contributed by atoms with Crippen molar-refractivity contribution < 1.29 is 4.79 Å². The van der Waals surface area contributed by atoms with Crippen molar-refractivity contribution in [3.63, 3.8) is 0 Å². The van der Waals surface area contributed by atoms with Crippen molar-refractivity contribution in [3.8, 4) is 0 Å². The molecule has 2 N–H and O–H groups in total. The number of nitrogens with two attached hydrogens (primary N) is 1. The van der Waals surface area contributed by atoms with Gasteiger partial charge in [-0.15, -0.1) is 0 Å². The summed E-state index contributed by atoms with van der Waals surface area (Å²) in [5, 5.41) is 1.04. The maximum atomic E-state index is 12.4. The molecular formula is C15H20Cl2N2O. The Morgan fingerprint density at radius 3 is 2.85 bits per heavy atom. The maximum absolute atomic E-state index is 12.4. The van der Waals surface area contributed by atoms with Crippen LogP contribution in [0.15, 0.2) is 18.2 Å². The second-order valence-electron chi connectivity index (χ2n) is 5.53. The first-order valence-electron chi connectivity index (χ1n) is 6.92. The first-order chi connectivity index (χ1) is 9.49. The number of benzene rings is 1. The van der Waals surface area contributed by atoms with Gasteiger partial charge in [0.1, 0.15) is 0 Å². The van der Waals surface area contributed by atoms with Crippen LogP contribution in [0.2, 0.25) is 10.0 Å². The topological polar surface area (TPSA) is 46.3 Å². The van der Waals surface area contributed by atoms with Crippen LogP contribution in [0.5, 0.6) is 0 Å². The van der Waals surface area contributed by atoms with Gasteiger partial charge in [0.2, 0.25) is 5.91 Å². The van der Waals surface area contributed by atoms with Crippen LogP contribution in [0.4, 0.5) is 0 Å². The van der Waals surface area contributed by atoms with Gasteiger partial charge < -0.3 is 10.6 Å². The molecule has 1 saturated carbocycles. The van der Waals surface area contributed by atoms with Gasteiger partial charge in [-0.1, -0.05) is 41.8 Å². The van der Waals surface area contributed by atoms with Crippen LogP contribution in [0.3, 0.4) is 0 Å². The van der Waals surface area contributed by atoms with Crippen molar-refractivity contribution in [1.29, 1.82) is 0 Å². The van der Waals surface area contributed by atoms with Gasteiger partial charge in [-0.2, -0.15) is 0 Å². The zero-order valence-corrected chi connectivity index (χ0v) is 13.1. The summed E-state index contributed by atoms with van der Waals surface area (Å²) < 4.78 is 0.